The molecule has 0 spiro atoms. The molecule has 0 saturated carbocycles. The first-order valence-electron chi connectivity index (χ1n) is 6.18. The minimum atomic E-state index is -0.222. The molecule has 0 radical (unpaired) electrons. The summed E-state index contributed by atoms with van der Waals surface area (Å²) in [5.74, 6) is -0.222. The zero-order valence-corrected chi connectivity index (χ0v) is 12.4. The van der Waals surface area contributed by atoms with Crippen LogP contribution in [0.15, 0.2) is 48.5 Å². The Morgan fingerprint density at radius 3 is 2.42 bits per heavy atom. The van der Waals surface area contributed by atoms with Gasteiger partial charge in [0, 0.05) is 10.9 Å². The van der Waals surface area contributed by atoms with Crippen LogP contribution in [0.2, 0.25) is 0 Å². The topological polar surface area (TPSA) is 9.23 Å². The third-order valence-corrected chi connectivity index (χ3v) is 3.58. The molecule has 0 fully saturated rings. The Kier molecular flexibility index (Phi) is 5.11. The van der Waals surface area contributed by atoms with E-state index in [1.165, 1.54) is 11.6 Å². The molecule has 2 aromatic rings. The Bertz CT molecular complexity index is 525. The number of halogens is 2. The maximum absolute atomic E-state index is 13.5. The van der Waals surface area contributed by atoms with Crippen LogP contribution < -0.4 is 0 Å². The van der Waals surface area contributed by atoms with E-state index in [1.54, 1.807) is 12.1 Å². The molecule has 0 heterocycles. The van der Waals surface area contributed by atoms with Gasteiger partial charge in [0.05, 0.1) is 12.7 Å². The van der Waals surface area contributed by atoms with Gasteiger partial charge in [-0.3, -0.25) is 0 Å². The Hall–Kier alpha value is -1.19. The summed E-state index contributed by atoms with van der Waals surface area (Å²) >= 11 is 3.44. The van der Waals surface area contributed by atoms with Crippen LogP contribution in [0.1, 0.15) is 22.8 Å². The van der Waals surface area contributed by atoms with Gasteiger partial charge in [0.1, 0.15) is 5.82 Å². The molecule has 0 aliphatic heterocycles. The van der Waals surface area contributed by atoms with Crippen molar-refractivity contribution in [2.75, 3.05) is 5.33 Å². The van der Waals surface area contributed by atoms with Crippen LogP contribution in [0.25, 0.3) is 0 Å². The van der Waals surface area contributed by atoms with Gasteiger partial charge in [-0.15, -0.1) is 0 Å². The molecule has 2 rings (SSSR count). The van der Waals surface area contributed by atoms with E-state index < -0.39 is 0 Å². The summed E-state index contributed by atoms with van der Waals surface area (Å²) in [4.78, 5) is 0. The summed E-state index contributed by atoms with van der Waals surface area (Å²) in [6.07, 6.45) is -0.0693. The van der Waals surface area contributed by atoms with Gasteiger partial charge in [-0.05, 0) is 18.6 Å². The fourth-order valence-electron chi connectivity index (χ4n) is 1.82. The normalized spacial score (nSPS) is 12.4. The number of ether oxygens (including phenoxy) is 1. The number of benzene rings is 2. The highest BCUT2D eigenvalue weighted by Gasteiger charge is 2.11. The number of hydrogen-bond acceptors (Lipinski definition) is 1. The van der Waals surface area contributed by atoms with Crippen LogP contribution in [0.5, 0.6) is 0 Å². The second-order valence-electron chi connectivity index (χ2n) is 4.46. The Balaban J connectivity index is 2.04. The second-order valence-corrected chi connectivity index (χ2v) is 5.10. The second kappa shape index (κ2) is 6.83. The molecule has 3 heteroatoms. The SMILES string of the molecule is Cc1ccc(C(CBr)OCc2ccccc2F)cc1. The smallest absolute Gasteiger partial charge is 0.128 e. The molecule has 19 heavy (non-hydrogen) atoms. The summed E-state index contributed by atoms with van der Waals surface area (Å²) < 4.78 is 19.3. The maximum Gasteiger partial charge on any atom is 0.128 e. The van der Waals surface area contributed by atoms with E-state index in [2.05, 4.69) is 28.1 Å². The van der Waals surface area contributed by atoms with Gasteiger partial charge in [0.2, 0.25) is 0 Å². The van der Waals surface area contributed by atoms with Gasteiger partial charge in [-0.2, -0.15) is 0 Å². The molecule has 0 amide bonds. The maximum atomic E-state index is 13.5. The predicted molar refractivity (Wildman–Crippen MR) is 78.9 cm³/mol. The van der Waals surface area contributed by atoms with Crippen molar-refractivity contribution >= 4 is 15.9 Å². The van der Waals surface area contributed by atoms with Gasteiger partial charge < -0.3 is 4.74 Å². The number of aryl methyl sites for hydroxylation is 1. The van der Waals surface area contributed by atoms with Crippen LogP contribution in [0.4, 0.5) is 4.39 Å². The number of rotatable bonds is 5. The molecule has 2 aromatic carbocycles. The van der Waals surface area contributed by atoms with Crippen molar-refractivity contribution in [2.45, 2.75) is 19.6 Å². The van der Waals surface area contributed by atoms with E-state index in [-0.39, 0.29) is 18.5 Å². The van der Waals surface area contributed by atoms with Crippen molar-refractivity contribution in [3.05, 3.63) is 71.0 Å². The van der Waals surface area contributed by atoms with Crippen molar-refractivity contribution in [2.24, 2.45) is 0 Å². The Labute approximate surface area is 121 Å². The molecule has 0 N–H and O–H groups in total. The lowest BCUT2D eigenvalue weighted by atomic mass is 10.1. The van der Waals surface area contributed by atoms with E-state index in [0.29, 0.717) is 10.9 Å². The lowest BCUT2D eigenvalue weighted by Crippen LogP contribution is -2.06. The van der Waals surface area contributed by atoms with Crippen molar-refractivity contribution in [1.29, 1.82) is 0 Å². The summed E-state index contributed by atoms with van der Waals surface area (Å²) in [7, 11) is 0. The third-order valence-electron chi connectivity index (χ3n) is 2.99. The fourth-order valence-corrected chi connectivity index (χ4v) is 2.38. The van der Waals surface area contributed by atoms with E-state index in [1.807, 2.05) is 25.1 Å². The van der Waals surface area contributed by atoms with Crippen molar-refractivity contribution in [1.82, 2.24) is 0 Å². The highest BCUT2D eigenvalue weighted by Crippen LogP contribution is 2.22. The van der Waals surface area contributed by atoms with Crippen LogP contribution >= 0.6 is 15.9 Å². The molecular weight excluding hydrogens is 307 g/mol. The predicted octanol–water partition coefficient (Wildman–Crippen LogP) is 4.79. The van der Waals surface area contributed by atoms with E-state index >= 15 is 0 Å². The molecular formula is C16H16BrFO. The monoisotopic (exact) mass is 322 g/mol. The van der Waals surface area contributed by atoms with Gasteiger partial charge in [0.25, 0.3) is 0 Å². The Morgan fingerprint density at radius 2 is 1.79 bits per heavy atom. The van der Waals surface area contributed by atoms with Gasteiger partial charge in [-0.1, -0.05) is 64.0 Å². The molecule has 1 unspecified atom stereocenters. The summed E-state index contributed by atoms with van der Waals surface area (Å²) in [5.41, 5.74) is 2.89. The van der Waals surface area contributed by atoms with E-state index in [0.717, 1.165) is 5.56 Å². The average Bonchev–Trinajstić information content (AvgIpc) is 2.43. The van der Waals surface area contributed by atoms with Crippen LogP contribution in [-0.4, -0.2) is 5.33 Å². The lowest BCUT2D eigenvalue weighted by molar-refractivity contribution is 0.0548. The number of alkyl halides is 1. The quantitative estimate of drug-likeness (QED) is 0.719. The van der Waals surface area contributed by atoms with Crippen LogP contribution in [0, 0.1) is 12.7 Å². The van der Waals surface area contributed by atoms with Gasteiger partial charge in [0.15, 0.2) is 0 Å². The Morgan fingerprint density at radius 1 is 1.11 bits per heavy atom. The zero-order chi connectivity index (χ0) is 13.7. The molecule has 0 aliphatic rings. The van der Waals surface area contributed by atoms with Crippen molar-refractivity contribution in [3.8, 4) is 0 Å². The molecule has 0 aromatic heterocycles. The third kappa shape index (κ3) is 3.88. The molecule has 1 atom stereocenters. The zero-order valence-electron chi connectivity index (χ0n) is 10.8. The van der Waals surface area contributed by atoms with Gasteiger partial charge >= 0.3 is 0 Å². The first-order chi connectivity index (χ1) is 9.20. The first-order valence-corrected chi connectivity index (χ1v) is 7.30. The first kappa shape index (κ1) is 14.2. The molecule has 0 bridgehead atoms. The molecule has 100 valence electrons. The highest BCUT2D eigenvalue weighted by atomic mass is 79.9. The van der Waals surface area contributed by atoms with Crippen molar-refractivity contribution in [3.63, 3.8) is 0 Å². The molecule has 0 saturated heterocycles. The van der Waals surface area contributed by atoms with E-state index in [9.17, 15) is 4.39 Å². The minimum absolute atomic E-state index is 0.0693. The summed E-state index contributed by atoms with van der Waals surface area (Å²) in [6, 6.07) is 14.9. The standard InChI is InChI=1S/C16H16BrFO/c1-12-6-8-13(9-7-12)16(10-17)19-11-14-4-2-3-5-15(14)18/h2-9,16H,10-11H2,1H3. The van der Waals surface area contributed by atoms with Crippen molar-refractivity contribution < 1.29 is 9.13 Å². The minimum Gasteiger partial charge on any atom is -0.368 e. The van der Waals surface area contributed by atoms with Crippen LogP contribution in [-0.2, 0) is 11.3 Å². The van der Waals surface area contributed by atoms with E-state index in [4.69, 9.17) is 4.74 Å². The highest BCUT2D eigenvalue weighted by molar-refractivity contribution is 9.09. The fraction of sp³-hybridized carbons (Fsp3) is 0.250. The largest absolute Gasteiger partial charge is 0.368 e. The molecule has 0 aliphatic carbocycles. The number of hydrogen-bond donors (Lipinski definition) is 0. The van der Waals surface area contributed by atoms with Gasteiger partial charge in [-0.25, -0.2) is 4.39 Å². The lowest BCUT2D eigenvalue weighted by Gasteiger charge is -2.16. The summed E-state index contributed by atoms with van der Waals surface area (Å²) in [5, 5.41) is 0.685. The summed E-state index contributed by atoms with van der Waals surface area (Å²) in [6.45, 7) is 2.32. The molecule has 1 nitrogen and oxygen atoms in total. The van der Waals surface area contributed by atoms with Crippen LogP contribution in [0.3, 0.4) is 0 Å². The average molecular weight is 323 g/mol.